The number of amides is 2. The Morgan fingerprint density at radius 3 is 2.32 bits per heavy atom. The van der Waals surface area contributed by atoms with Gasteiger partial charge in [-0.2, -0.15) is 0 Å². The minimum atomic E-state index is -1.28. The number of benzene rings is 1. The Morgan fingerprint density at radius 1 is 1.12 bits per heavy atom. The van der Waals surface area contributed by atoms with E-state index in [0.717, 1.165) is 0 Å². The molecule has 0 heterocycles. The first-order valence-corrected chi connectivity index (χ1v) is 7.73. The third-order valence-electron chi connectivity index (χ3n) is 3.42. The van der Waals surface area contributed by atoms with Crippen LogP contribution in [-0.4, -0.2) is 40.8 Å². The monoisotopic (exact) mass is 352 g/mol. The third kappa shape index (κ3) is 7.56. The summed E-state index contributed by atoms with van der Waals surface area (Å²) in [5.74, 6) is -3.15. The number of hydrogen-bond donors (Lipinski definition) is 3. The lowest BCUT2D eigenvalue weighted by molar-refractivity contribution is -0.142. The van der Waals surface area contributed by atoms with E-state index >= 15 is 0 Å². The molecule has 0 bridgehead atoms. The van der Waals surface area contributed by atoms with Crippen molar-refractivity contribution in [1.29, 1.82) is 0 Å². The summed E-state index contributed by atoms with van der Waals surface area (Å²) in [5.41, 5.74) is 0.476. The van der Waals surface area contributed by atoms with Gasteiger partial charge in [0.05, 0.1) is 0 Å². The lowest BCUT2D eigenvalue weighted by atomic mass is 10.0. The smallest absolute Gasteiger partial charge is 0.326 e. The zero-order chi connectivity index (χ0) is 19.0. The van der Waals surface area contributed by atoms with Crippen molar-refractivity contribution < 1.29 is 28.7 Å². The van der Waals surface area contributed by atoms with Gasteiger partial charge in [-0.3, -0.25) is 9.59 Å². The average Bonchev–Trinajstić information content (AvgIpc) is 2.49. The molecule has 2 atom stereocenters. The molecule has 2 amide bonds. The van der Waals surface area contributed by atoms with E-state index in [2.05, 4.69) is 10.6 Å². The molecule has 0 fully saturated rings. The molecule has 0 spiro atoms. The van der Waals surface area contributed by atoms with Crippen molar-refractivity contribution in [3.63, 3.8) is 0 Å². The first kappa shape index (κ1) is 20.3. The second-order valence-corrected chi connectivity index (χ2v) is 5.73. The van der Waals surface area contributed by atoms with Crippen LogP contribution in [0.25, 0.3) is 0 Å². The van der Waals surface area contributed by atoms with Crippen LogP contribution in [0.5, 0.6) is 0 Å². The molecule has 0 aromatic heterocycles. The summed E-state index contributed by atoms with van der Waals surface area (Å²) in [6.07, 6.45) is -0.0443. The maximum Gasteiger partial charge on any atom is 0.326 e. The van der Waals surface area contributed by atoms with Crippen LogP contribution in [0.1, 0.15) is 32.3 Å². The summed E-state index contributed by atoms with van der Waals surface area (Å²) in [6.45, 7) is 2.54. The maximum atomic E-state index is 13.3. The van der Waals surface area contributed by atoms with Gasteiger partial charge in [-0.25, -0.2) is 9.18 Å². The molecule has 8 heteroatoms. The Hall–Kier alpha value is -2.77. The van der Waals surface area contributed by atoms with Crippen LogP contribution in [0.2, 0.25) is 0 Å². The molecule has 25 heavy (non-hydrogen) atoms. The molecule has 0 aliphatic heterocycles. The zero-order valence-corrected chi connectivity index (χ0v) is 14.0. The van der Waals surface area contributed by atoms with E-state index in [0.29, 0.717) is 5.56 Å². The number of Topliss-reactive ketones (excluding diaryl/α,β-unsaturated/α-hetero) is 1. The summed E-state index contributed by atoms with van der Waals surface area (Å²) < 4.78 is 13.3. The number of carboxylic acids is 1. The molecule has 1 aromatic rings. The molecule has 136 valence electrons. The molecule has 0 aliphatic rings. The fourth-order valence-electron chi connectivity index (χ4n) is 2.23. The van der Waals surface area contributed by atoms with Gasteiger partial charge < -0.3 is 20.5 Å². The lowest BCUT2D eigenvalue weighted by Crippen LogP contribution is -2.52. The van der Waals surface area contributed by atoms with Gasteiger partial charge in [0.1, 0.15) is 23.7 Å². The second-order valence-electron chi connectivity index (χ2n) is 5.73. The van der Waals surface area contributed by atoms with Crippen LogP contribution in [0.3, 0.4) is 0 Å². The summed E-state index contributed by atoms with van der Waals surface area (Å²) in [6, 6.07) is 3.24. The normalized spacial score (nSPS) is 12.8. The van der Waals surface area contributed by atoms with Crippen molar-refractivity contribution in [3.8, 4) is 0 Å². The van der Waals surface area contributed by atoms with E-state index in [1.165, 1.54) is 32.0 Å². The van der Waals surface area contributed by atoms with Gasteiger partial charge >= 0.3 is 5.97 Å². The Kier molecular flexibility index (Phi) is 7.71. The fraction of sp³-hybridized carbons (Fsp3) is 0.412. The van der Waals surface area contributed by atoms with E-state index in [1.54, 1.807) is 6.07 Å². The van der Waals surface area contributed by atoms with Crippen LogP contribution in [0.15, 0.2) is 24.3 Å². The van der Waals surface area contributed by atoms with Gasteiger partial charge in [0, 0.05) is 19.8 Å². The first-order valence-electron chi connectivity index (χ1n) is 7.73. The van der Waals surface area contributed by atoms with E-state index in [4.69, 9.17) is 5.11 Å². The topological polar surface area (TPSA) is 113 Å². The lowest BCUT2D eigenvalue weighted by Gasteiger charge is -2.21. The molecule has 1 aromatic carbocycles. The highest BCUT2D eigenvalue weighted by molar-refractivity contribution is 5.90. The molecular weight excluding hydrogens is 331 g/mol. The highest BCUT2D eigenvalue weighted by Crippen LogP contribution is 2.08. The first-order chi connectivity index (χ1) is 11.7. The van der Waals surface area contributed by atoms with Gasteiger partial charge in [0.15, 0.2) is 0 Å². The second kappa shape index (κ2) is 9.51. The average molecular weight is 352 g/mol. The Bertz CT molecular complexity index is 662. The summed E-state index contributed by atoms with van der Waals surface area (Å²) in [7, 11) is 0. The van der Waals surface area contributed by atoms with Crippen molar-refractivity contribution >= 4 is 23.6 Å². The Morgan fingerprint density at radius 2 is 1.80 bits per heavy atom. The number of carbonyl (C=O) groups is 4. The standard InChI is InChI=1S/C17H21FN2O5/c1-10(21)6-7-14(17(24)25)20-16(23)15(19-11(2)22)9-12-4-3-5-13(18)8-12/h3-5,8,14-15H,6-7,9H2,1-2H3,(H,19,22)(H,20,23)(H,24,25)/t14-,15-/m0/s1. The number of hydrogen-bond acceptors (Lipinski definition) is 4. The molecule has 0 saturated carbocycles. The molecular formula is C17H21FN2O5. The van der Waals surface area contributed by atoms with Crippen molar-refractivity contribution in [2.45, 2.75) is 45.2 Å². The van der Waals surface area contributed by atoms with Crippen molar-refractivity contribution in [1.82, 2.24) is 10.6 Å². The van der Waals surface area contributed by atoms with Gasteiger partial charge in [0.25, 0.3) is 0 Å². The number of aliphatic carboxylic acids is 1. The Balaban J connectivity index is 2.85. The van der Waals surface area contributed by atoms with Crippen molar-refractivity contribution in [2.24, 2.45) is 0 Å². The van der Waals surface area contributed by atoms with Crippen LogP contribution in [0.4, 0.5) is 4.39 Å². The van der Waals surface area contributed by atoms with Crippen LogP contribution in [0, 0.1) is 5.82 Å². The number of rotatable bonds is 9. The summed E-state index contributed by atoms with van der Waals surface area (Å²) >= 11 is 0. The summed E-state index contributed by atoms with van der Waals surface area (Å²) in [4.78, 5) is 45.9. The molecule has 1 rings (SSSR count). The molecule has 0 saturated heterocycles. The van der Waals surface area contributed by atoms with Crippen LogP contribution >= 0.6 is 0 Å². The maximum absolute atomic E-state index is 13.3. The molecule has 0 aliphatic carbocycles. The number of nitrogens with one attached hydrogen (secondary N) is 2. The van der Waals surface area contributed by atoms with Gasteiger partial charge in [0.2, 0.25) is 11.8 Å². The minimum Gasteiger partial charge on any atom is -0.480 e. The van der Waals surface area contributed by atoms with E-state index in [-0.39, 0.29) is 25.0 Å². The van der Waals surface area contributed by atoms with Crippen LogP contribution < -0.4 is 10.6 Å². The Labute approximate surface area is 144 Å². The molecule has 0 radical (unpaired) electrons. The zero-order valence-electron chi connectivity index (χ0n) is 14.0. The van der Waals surface area contributed by atoms with Gasteiger partial charge in [-0.1, -0.05) is 12.1 Å². The van der Waals surface area contributed by atoms with Crippen molar-refractivity contribution in [3.05, 3.63) is 35.6 Å². The predicted octanol–water partition coefficient (Wildman–Crippen LogP) is 0.811. The summed E-state index contributed by atoms with van der Waals surface area (Å²) in [5, 5.41) is 13.9. The number of ketones is 1. The van der Waals surface area contributed by atoms with E-state index in [9.17, 15) is 23.6 Å². The van der Waals surface area contributed by atoms with E-state index in [1.807, 2.05) is 0 Å². The molecule has 0 unspecified atom stereocenters. The van der Waals surface area contributed by atoms with Crippen LogP contribution in [-0.2, 0) is 25.6 Å². The quantitative estimate of drug-likeness (QED) is 0.609. The minimum absolute atomic E-state index is 0.00220. The fourth-order valence-corrected chi connectivity index (χ4v) is 2.23. The number of carboxylic acid groups (broad SMARTS) is 1. The molecule has 3 N–H and O–H groups in total. The van der Waals surface area contributed by atoms with Gasteiger partial charge in [-0.05, 0) is 31.0 Å². The SMILES string of the molecule is CC(=O)CC[C@H](NC(=O)[C@H](Cc1cccc(F)c1)NC(C)=O)C(=O)O. The van der Waals surface area contributed by atoms with Gasteiger partial charge in [-0.15, -0.1) is 0 Å². The molecule has 7 nitrogen and oxygen atoms in total. The third-order valence-corrected chi connectivity index (χ3v) is 3.42. The number of carbonyl (C=O) groups excluding carboxylic acids is 3. The van der Waals surface area contributed by atoms with E-state index < -0.39 is 35.7 Å². The largest absolute Gasteiger partial charge is 0.480 e. The number of halogens is 1. The predicted molar refractivity (Wildman–Crippen MR) is 87.2 cm³/mol. The highest BCUT2D eigenvalue weighted by Gasteiger charge is 2.26. The highest BCUT2D eigenvalue weighted by atomic mass is 19.1. The van der Waals surface area contributed by atoms with Crippen molar-refractivity contribution in [2.75, 3.05) is 0 Å².